The molecule has 0 radical (unpaired) electrons. The zero-order valence-electron chi connectivity index (χ0n) is 18.7. The molecule has 3 aromatic rings. The highest BCUT2D eigenvalue weighted by Gasteiger charge is 2.12. The van der Waals surface area contributed by atoms with Crippen molar-refractivity contribution in [3.63, 3.8) is 0 Å². The number of rotatable bonds is 6. The number of nitrogens with two attached hydrogens (primary N) is 1. The fourth-order valence-corrected chi connectivity index (χ4v) is 3.87. The molecule has 0 bridgehead atoms. The fraction of sp³-hybridized carbons (Fsp3) is 0.185. The van der Waals surface area contributed by atoms with Crippen molar-refractivity contribution in [2.24, 2.45) is 5.73 Å². The number of anilines is 2. The fourth-order valence-electron chi connectivity index (χ4n) is 3.87. The topological polar surface area (TPSA) is 96.2 Å². The number of hydrogen-bond acceptors (Lipinski definition) is 4. The Hall–Kier alpha value is -3.74. The second kappa shape index (κ2) is 10.3. The minimum Gasteiger partial charge on any atom is -0.326 e. The van der Waals surface area contributed by atoms with E-state index in [1.807, 2.05) is 36.4 Å². The number of carbonyl (C=O) groups is 2. The molecule has 0 fully saturated rings. The van der Waals surface area contributed by atoms with Gasteiger partial charge < -0.3 is 21.7 Å². The summed E-state index contributed by atoms with van der Waals surface area (Å²) in [7, 11) is 0. The lowest BCUT2D eigenvalue weighted by atomic mass is 9.96. The second-order valence-corrected chi connectivity index (χ2v) is 8.10. The van der Waals surface area contributed by atoms with Crippen LogP contribution in [0.2, 0.25) is 0 Å². The van der Waals surface area contributed by atoms with Crippen LogP contribution in [-0.4, -0.2) is 24.9 Å². The van der Waals surface area contributed by atoms with E-state index in [1.54, 1.807) is 24.3 Å². The van der Waals surface area contributed by atoms with Gasteiger partial charge in [-0.15, -0.1) is 0 Å². The van der Waals surface area contributed by atoms with Crippen LogP contribution in [0.5, 0.6) is 0 Å². The number of aryl methyl sites for hydroxylation is 1. The third kappa shape index (κ3) is 5.55. The van der Waals surface area contributed by atoms with Gasteiger partial charge in [0.15, 0.2) is 0 Å². The molecule has 4 rings (SSSR count). The van der Waals surface area contributed by atoms with Gasteiger partial charge in [0.25, 0.3) is 11.8 Å². The van der Waals surface area contributed by atoms with E-state index in [4.69, 9.17) is 5.73 Å². The number of carbonyl (C=O) groups excluding carboxylic acids is 2. The van der Waals surface area contributed by atoms with Crippen LogP contribution in [0.15, 0.2) is 72.8 Å². The Morgan fingerprint density at radius 1 is 0.879 bits per heavy atom. The van der Waals surface area contributed by atoms with Crippen molar-refractivity contribution in [3.8, 4) is 0 Å². The van der Waals surface area contributed by atoms with Gasteiger partial charge in [0, 0.05) is 35.6 Å². The van der Waals surface area contributed by atoms with Gasteiger partial charge in [-0.1, -0.05) is 24.3 Å². The summed E-state index contributed by atoms with van der Waals surface area (Å²) in [4.78, 5) is 25.2. The molecular formula is C27H28N4O2. The average molecular weight is 441 g/mol. The van der Waals surface area contributed by atoms with Gasteiger partial charge in [-0.2, -0.15) is 0 Å². The van der Waals surface area contributed by atoms with Gasteiger partial charge in [-0.3, -0.25) is 9.59 Å². The average Bonchev–Trinajstić information content (AvgIpc) is 2.85. The van der Waals surface area contributed by atoms with Crippen molar-refractivity contribution in [1.82, 2.24) is 5.32 Å². The largest absolute Gasteiger partial charge is 0.326 e. The molecule has 6 heteroatoms. The van der Waals surface area contributed by atoms with Crippen molar-refractivity contribution in [2.75, 3.05) is 23.7 Å². The summed E-state index contributed by atoms with van der Waals surface area (Å²) in [6.07, 6.45) is 3.22. The van der Waals surface area contributed by atoms with Crippen LogP contribution < -0.4 is 21.7 Å². The summed E-state index contributed by atoms with van der Waals surface area (Å²) in [6.45, 7) is 4.39. The van der Waals surface area contributed by atoms with Crippen molar-refractivity contribution >= 4 is 28.8 Å². The van der Waals surface area contributed by atoms with E-state index in [1.165, 1.54) is 11.1 Å². The minimum absolute atomic E-state index is 0.215. The third-order valence-electron chi connectivity index (χ3n) is 5.75. The molecule has 1 aliphatic heterocycles. The summed E-state index contributed by atoms with van der Waals surface area (Å²) in [5.74, 6) is -0.451. The summed E-state index contributed by atoms with van der Waals surface area (Å²) >= 11 is 0. The van der Waals surface area contributed by atoms with Crippen molar-refractivity contribution in [3.05, 3.63) is 101 Å². The number of hydrogen-bond donors (Lipinski definition) is 4. The number of nitrogens with one attached hydrogen (secondary N) is 3. The lowest BCUT2D eigenvalue weighted by molar-refractivity contribution is 0.101. The van der Waals surface area contributed by atoms with Crippen LogP contribution >= 0.6 is 0 Å². The van der Waals surface area contributed by atoms with Crippen LogP contribution in [0.4, 0.5) is 11.4 Å². The van der Waals surface area contributed by atoms with Gasteiger partial charge >= 0.3 is 0 Å². The van der Waals surface area contributed by atoms with E-state index in [-0.39, 0.29) is 11.8 Å². The number of amides is 2. The van der Waals surface area contributed by atoms with E-state index in [9.17, 15) is 9.59 Å². The highest BCUT2D eigenvalue weighted by Crippen LogP contribution is 2.26. The molecule has 0 unspecified atom stereocenters. The minimum atomic E-state index is -0.235. The monoisotopic (exact) mass is 440 g/mol. The molecule has 1 aliphatic rings. The zero-order chi connectivity index (χ0) is 23.2. The lowest BCUT2D eigenvalue weighted by Crippen LogP contribution is -2.20. The Morgan fingerprint density at radius 2 is 1.48 bits per heavy atom. The SMILES string of the molecule is Cc1cc(NC(=O)c2ccc(C(=O)Nc3ccc(CN)cc3)cc2)ccc1C1=CCNCC1. The number of benzene rings is 3. The Kier molecular flexibility index (Phi) is 6.98. The molecule has 1 heterocycles. The van der Waals surface area contributed by atoms with E-state index in [0.717, 1.165) is 36.3 Å². The Labute approximate surface area is 193 Å². The lowest BCUT2D eigenvalue weighted by Gasteiger charge is -2.17. The smallest absolute Gasteiger partial charge is 0.255 e. The summed E-state index contributed by atoms with van der Waals surface area (Å²) < 4.78 is 0. The summed E-state index contributed by atoms with van der Waals surface area (Å²) in [6, 6.07) is 20.0. The van der Waals surface area contributed by atoms with Crippen LogP contribution in [0.1, 0.15) is 43.8 Å². The standard InChI is InChI=1S/C27H28N4O2/c1-18-16-24(10-11-25(18)20-12-14-29-15-13-20)31-27(33)22-6-4-21(5-7-22)26(32)30-23-8-2-19(17-28)3-9-23/h2-12,16,29H,13-15,17,28H2,1H3,(H,30,32)(H,31,33). The van der Waals surface area contributed by atoms with Crippen molar-refractivity contribution in [1.29, 1.82) is 0 Å². The van der Waals surface area contributed by atoms with Gasteiger partial charge in [-0.25, -0.2) is 0 Å². The zero-order valence-corrected chi connectivity index (χ0v) is 18.7. The molecule has 6 nitrogen and oxygen atoms in total. The van der Waals surface area contributed by atoms with E-state index >= 15 is 0 Å². The van der Waals surface area contributed by atoms with E-state index in [0.29, 0.717) is 23.4 Å². The van der Waals surface area contributed by atoms with Crippen LogP contribution in [-0.2, 0) is 6.54 Å². The Morgan fingerprint density at radius 3 is 2.03 bits per heavy atom. The molecule has 0 aromatic heterocycles. The predicted octanol–water partition coefficient (Wildman–Crippen LogP) is 4.34. The molecule has 3 aromatic carbocycles. The summed E-state index contributed by atoms with van der Waals surface area (Å²) in [5.41, 5.74) is 12.7. The van der Waals surface area contributed by atoms with Gasteiger partial charge in [0.05, 0.1) is 0 Å². The molecule has 33 heavy (non-hydrogen) atoms. The third-order valence-corrected chi connectivity index (χ3v) is 5.75. The molecular weight excluding hydrogens is 412 g/mol. The van der Waals surface area contributed by atoms with Crippen molar-refractivity contribution in [2.45, 2.75) is 19.9 Å². The maximum Gasteiger partial charge on any atom is 0.255 e. The van der Waals surface area contributed by atoms with E-state index < -0.39 is 0 Å². The van der Waals surface area contributed by atoms with Gasteiger partial charge in [-0.05, 0) is 90.7 Å². The molecule has 0 aliphatic carbocycles. The molecule has 168 valence electrons. The van der Waals surface area contributed by atoms with Gasteiger partial charge in [0.2, 0.25) is 0 Å². The predicted molar refractivity (Wildman–Crippen MR) is 133 cm³/mol. The Bertz CT molecular complexity index is 1180. The highest BCUT2D eigenvalue weighted by atomic mass is 16.2. The summed E-state index contributed by atoms with van der Waals surface area (Å²) in [5, 5.41) is 9.12. The molecule has 2 amide bonds. The molecule has 0 spiro atoms. The molecule has 0 saturated heterocycles. The normalized spacial score (nSPS) is 13.2. The first kappa shape index (κ1) is 22.5. The molecule has 5 N–H and O–H groups in total. The van der Waals surface area contributed by atoms with Crippen LogP contribution in [0.3, 0.4) is 0 Å². The quantitative estimate of drug-likeness (QED) is 0.459. The maximum atomic E-state index is 12.7. The molecule has 0 saturated carbocycles. The second-order valence-electron chi connectivity index (χ2n) is 8.10. The molecule has 0 atom stereocenters. The maximum absolute atomic E-state index is 12.7. The van der Waals surface area contributed by atoms with Crippen LogP contribution in [0.25, 0.3) is 5.57 Å². The van der Waals surface area contributed by atoms with Gasteiger partial charge in [0.1, 0.15) is 0 Å². The van der Waals surface area contributed by atoms with E-state index in [2.05, 4.69) is 35.0 Å². The first-order chi connectivity index (χ1) is 16.0. The first-order valence-electron chi connectivity index (χ1n) is 11.1. The Balaban J connectivity index is 1.39. The van der Waals surface area contributed by atoms with Crippen molar-refractivity contribution < 1.29 is 9.59 Å². The highest BCUT2D eigenvalue weighted by molar-refractivity contribution is 6.07. The van der Waals surface area contributed by atoms with Crippen LogP contribution in [0, 0.1) is 6.92 Å². The first-order valence-corrected chi connectivity index (χ1v) is 11.1.